The van der Waals surface area contributed by atoms with Crippen molar-refractivity contribution >= 4 is 0 Å². The van der Waals surface area contributed by atoms with Crippen molar-refractivity contribution in [2.24, 2.45) is 17.6 Å². The molecule has 16 heavy (non-hydrogen) atoms. The highest BCUT2D eigenvalue weighted by atomic mass is 15.5. The third kappa shape index (κ3) is 2.98. The van der Waals surface area contributed by atoms with Crippen molar-refractivity contribution in [2.45, 2.75) is 55.0 Å². The molecule has 2 aliphatic heterocycles. The van der Waals surface area contributed by atoms with E-state index in [0.29, 0.717) is 0 Å². The molecule has 0 radical (unpaired) electrons. The van der Waals surface area contributed by atoms with Gasteiger partial charge in [0.25, 0.3) is 0 Å². The summed E-state index contributed by atoms with van der Waals surface area (Å²) in [7, 11) is 3.91. The number of nitrogens with zero attached hydrogens (tertiary/aromatic N) is 1. The van der Waals surface area contributed by atoms with Gasteiger partial charge in [0.05, 0.1) is 32.0 Å². The lowest BCUT2D eigenvalue weighted by molar-refractivity contribution is -1.05. The van der Waals surface area contributed by atoms with Crippen LogP contribution in [0.2, 0.25) is 0 Å². The summed E-state index contributed by atoms with van der Waals surface area (Å²) in [6, 6.07) is 1.16. The molecule has 0 aromatic heterocycles. The smallest absolute Gasteiger partial charge is 0.105 e. The van der Waals surface area contributed by atoms with E-state index in [2.05, 4.69) is 12.8 Å². The van der Waals surface area contributed by atoms with E-state index >= 15 is 0 Å². The summed E-state index contributed by atoms with van der Waals surface area (Å²) in [5, 5.41) is 0. The maximum atomic E-state index is 4.50. The Labute approximate surface area is 105 Å². The van der Waals surface area contributed by atoms with Gasteiger partial charge in [-0.15, -0.1) is 0 Å². The van der Waals surface area contributed by atoms with Crippen LogP contribution in [0, 0.1) is 11.8 Å². The second-order valence-electron chi connectivity index (χ2n) is 4.09. The number of rotatable bonds is 0. The maximum Gasteiger partial charge on any atom is 0.105 e. The molecule has 1 saturated carbocycles. The third-order valence-electron chi connectivity index (χ3n) is 3.59. The van der Waals surface area contributed by atoms with Crippen molar-refractivity contribution in [1.29, 1.82) is 0 Å². The van der Waals surface area contributed by atoms with Gasteiger partial charge in [-0.1, -0.05) is 42.5 Å². The summed E-state index contributed by atoms with van der Waals surface area (Å²) in [4.78, 5) is 0. The summed E-state index contributed by atoms with van der Waals surface area (Å²) in [5.41, 5.74) is 4.50. The van der Waals surface area contributed by atoms with Crippen LogP contribution in [0.25, 0.3) is 0 Å². The Morgan fingerprint density at radius 1 is 0.875 bits per heavy atom. The zero-order valence-electron chi connectivity index (χ0n) is 10.9. The van der Waals surface area contributed by atoms with Gasteiger partial charge in [0.2, 0.25) is 0 Å². The van der Waals surface area contributed by atoms with E-state index in [1.54, 1.807) is 6.42 Å². The Kier molecular flexibility index (Phi) is 11.9. The van der Waals surface area contributed by atoms with Crippen LogP contribution in [0.3, 0.4) is 0 Å². The lowest BCUT2D eigenvalue weighted by Gasteiger charge is -2.73. The van der Waals surface area contributed by atoms with Gasteiger partial charge in [-0.2, -0.15) is 0 Å². The first kappa shape index (κ1) is 21.2. The quantitative estimate of drug-likeness (QED) is 0.638. The Bertz CT molecular complexity index is 145. The van der Waals surface area contributed by atoms with Crippen LogP contribution in [-0.2, 0) is 0 Å². The minimum atomic E-state index is 0. The summed E-state index contributed by atoms with van der Waals surface area (Å²) in [5.74, 6) is 2.36. The third-order valence-corrected chi connectivity index (χ3v) is 3.59. The van der Waals surface area contributed by atoms with Gasteiger partial charge in [0.15, 0.2) is 0 Å². The number of nitrogens with two attached hydrogens (primary N) is 1. The lowest BCUT2D eigenvalue weighted by atomic mass is 9.54. The van der Waals surface area contributed by atoms with E-state index in [1.165, 1.54) is 36.5 Å². The van der Waals surface area contributed by atoms with Gasteiger partial charge in [0.1, 0.15) is 6.04 Å². The molecule has 0 aromatic carbocycles. The number of quaternary nitrogens is 1. The van der Waals surface area contributed by atoms with E-state index in [4.69, 9.17) is 0 Å². The predicted molar refractivity (Wildman–Crippen MR) is 77.6 cm³/mol. The van der Waals surface area contributed by atoms with Crippen LogP contribution >= 0.6 is 0 Å². The molecule has 3 fully saturated rings. The molecule has 0 bridgehead atoms. The standard InChI is InChI=1S/C7H12N.2C2H6.CH5N.2CH4/c1-8-3-5-2-6(4-8)7(5)8;3*1-2;;/h5-7H,2-4H2,1H3;2*1-2H3;2H2,1H3;2*1H4/q+1;;;;;. The molecule has 2 N–H and O–H groups in total. The monoisotopic (exact) mass is 233 g/mol. The van der Waals surface area contributed by atoms with Crippen LogP contribution in [-0.4, -0.2) is 37.7 Å². The highest BCUT2D eigenvalue weighted by Gasteiger charge is 2.72. The van der Waals surface area contributed by atoms with Crippen LogP contribution in [0.5, 0.6) is 0 Å². The van der Waals surface area contributed by atoms with Crippen LogP contribution in [0.15, 0.2) is 0 Å². The molecule has 2 atom stereocenters. The molecule has 0 aromatic rings. The molecule has 2 heterocycles. The van der Waals surface area contributed by atoms with E-state index in [-0.39, 0.29) is 14.9 Å². The largest absolute Gasteiger partial charge is 0.333 e. The van der Waals surface area contributed by atoms with E-state index in [0.717, 1.165) is 6.04 Å². The summed E-state index contributed by atoms with van der Waals surface area (Å²) >= 11 is 0. The van der Waals surface area contributed by atoms with Gasteiger partial charge in [-0.25, -0.2) is 0 Å². The zero-order chi connectivity index (χ0) is 11.4. The Morgan fingerprint density at radius 2 is 1.19 bits per heavy atom. The second-order valence-corrected chi connectivity index (χ2v) is 4.09. The van der Waals surface area contributed by atoms with Gasteiger partial charge in [-0.3, -0.25) is 0 Å². The molecular weight excluding hydrogens is 196 g/mol. The molecule has 2 heteroatoms. The van der Waals surface area contributed by atoms with Crippen LogP contribution in [0.1, 0.15) is 49.0 Å². The predicted octanol–water partition coefficient (Wildman–Crippen LogP) is 3.36. The van der Waals surface area contributed by atoms with E-state index in [1.807, 2.05) is 27.7 Å². The van der Waals surface area contributed by atoms with Crippen molar-refractivity contribution in [3.05, 3.63) is 0 Å². The van der Waals surface area contributed by atoms with E-state index < -0.39 is 0 Å². The molecular formula is C14H37N2+. The minimum Gasteiger partial charge on any atom is -0.333 e. The topological polar surface area (TPSA) is 26.0 Å². The molecule has 102 valence electrons. The summed E-state index contributed by atoms with van der Waals surface area (Å²) in [6.45, 7) is 11.0. The van der Waals surface area contributed by atoms with Crippen molar-refractivity contribution < 1.29 is 4.48 Å². The maximum absolute atomic E-state index is 4.50. The highest BCUT2D eigenvalue weighted by Crippen LogP contribution is 2.59. The van der Waals surface area contributed by atoms with Crippen molar-refractivity contribution in [2.75, 3.05) is 27.2 Å². The van der Waals surface area contributed by atoms with Crippen LogP contribution < -0.4 is 5.73 Å². The average molecular weight is 233 g/mol. The fraction of sp³-hybridized carbons (Fsp3) is 1.00. The van der Waals surface area contributed by atoms with Gasteiger partial charge in [-0.05, 0) is 13.5 Å². The number of hydrogen-bond donors (Lipinski definition) is 1. The van der Waals surface area contributed by atoms with Gasteiger partial charge < -0.3 is 10.2 Å². The first-order valence-corrected chi connectivity index (χ1v) is 6.21. The highest BCUT2D eigenvalue weighted by molar-refractivity contribution is 5.04. The molecule has 2 nitrogen and oxygen atoms in total. The summed E-state index contributed by atoms with van der Waals surface area (Å²) < 4.78 is 1.45. The molecule has 2 saturated heterocycles. The van der Waals surface area contributed by atoms with Crippen LogP contribution in [0.4, 0.5) is 0 Å². The van der Waals surface area contributed by atoms with E-state index in [9.17, 15) is 0 Å². The molecule has 1 aliphatic carbocycles. The fourth-order valence-corrected chi connectivity index (χ4v) is 3.35. The first-order chi connectivity index (χ1) is 6.80. The first-order valence-electron chi connectivity index (χ1n) is 6.21. The van der Waals surface area contributed by atoms with Gasteiger partial charge in [0, 0.05) is 0 Å². The lowest BCUT2D eigenvalue weighted by Crippen LogP contribution is -2.87. The molecule has 2 unspecified atom stereocenters. The van der Waals surface area contributed by atoms with Crippen molar-refractivity contribution in [1.82, 2.24) is 0 Å². The molecule has 0 amide bonds. The van der Waals surface area contributed by atoms with Crippen molar-refractivity contribution in [3.63, 3.8) is 0 Å². The average Bonchev–Trinajstić information content (AvgIpc) is 2.25. The summed E-state index contributed by atoms with van der Waals surface area (Å²) in [6.07, 6.45) is 1.58. The minimum absolute atomic E-state index is 0. The number of piperidine rings is 4. The molecule has 3 aliphatic rings. The second kappa shape index (κ2) is 9.00. The SMILES string of the molecule is C.C.CC.CC.CN.C[N+]12CC3CC(C1)C32. The Hall–Kier alpha value is -0.0800. The van der Waals surface area contributed by atoms with Crippen molar-refractivity contribution in [3.8, 4) is 0 Å². The van der Waals surface area contributed by atoms with Gasteiger partial charge >= 0.3 is 0 Å². The molecule has 0 spiro atoms. The Morgan fingerprint density at radius 3 is 1.25 bits per heavy atom. The fourth-order valence-electron chi connectivity index (χ4n) is 3.35. The zero-order valence-corrected chi connectivity index (χ0v) is 10.9. The number of hydrogen-bond acceptors (Lipinski definition) is 1. The molecule has 3 rings (SSSR count). The Balaban J connectivity index is -0.000000190. The normalized spacial score (nSPS) is 38.1.